The molecule has 0 spiro atoms. The Labute approximate surface area is 159 Å². The third-order valence-corrected chi connectivity index (χ3v) is 4.04. The van der Waals surface area contributed by atoms with Crippen molar-refractivity contribution in [2.75, 3.05) is 5.32 Å². The van der Waals surface area contributed by atoms with Crippen molar-refractivity contribution in [3.8, 4) is 5.75 Å². The highest BCUT2D eigenvalue weighted by molar-refractivity contribution is 6.32. The van der Waals surface area contributed by atoms with Crippen LogP contribution in [-0.4, -0.2) is 10.8 Å². The third kappa shape index (κ3) is 4.45. The Kier molecular flexibility index (Phi) is 5.42. The predicted octanol–water partition coefficient (Wildman–Crippen LogP) is 4.98. The molecule has 1 heterocycles. The summed E-state index contributed by atoms with van der Waals surface area (Å²) in [5, 5.41) is 13.8. The summed E-state index contributed by atoms with van der Waals surface area (Å²) in [6.07, 6.45) is 0. The van der Waals surface area contributed by atoms with Crippen molar-refractivity contribution in [3.63, 3.8) is 0 Å². The molecule has 27 heavy (non-hydrogen) atoms. The van der Waals surface area contributed by atoms with E-state index in [2.05, 4.69) is 5.32 Å². The van der Waals surface area contributed by atoms with Crippen molar-refractivity contribution in [1.29, 1.82) is 0 Å². The summed E-state index contributed by atoms with van der Waals surface area (Å²) in [4.78, 5) is 22.4. The number of amides is 1. The quantitative estimate of drug-likeness (QED) is 0.476. The molecule has 0 atom stereocenters. The Morgan fingerprint density at radius 3 is 2.59 bits per heavy atom. The SMILES string of the molecule is Cc1cccc(Cl)c1OCc1ccc(C(=O)Nc2ccc([N+](=O)[O-])cc2)o1. The fourth-order valence-corrected chi connectivity index (χ4v) is 2.66. The number of nitro benzene ring substituents is 1. The highest BCUT2D eigenvalue weighted by Gasteiger charge is 2.14. The Hall–Kier alpha value is -3.32. The molecule has 7 nitrogen and oxygen atoms in total. The maximum atomic E-state index is 12.2. The highest BCUT2D eigenvalue weighted by atomic mass is 35.5. The van der Waals surface area contributed by atoms with Crippen molar-refractivity contribution in [2.45, 2.75) is 13.5 Å². The van der Waals surface area contributed by atoms with Gasteiger partial charge in [0.05, 0.1) is 9.95 Å². The number of para-hydroxylation sites is 1. The van der Waals surface area contributed by atoms with Crippen LogP contribution < -0.4 is 10.1 Å². The van der Waals surface area contributed by atoms with Gasteiger partial charge in [-0.2, -0.15) is 0 Å². The number of carbonyl (C=O) groups excluding carboxylic acids is 1. The second kappa shape index (κ2) is 7.92. The number of aryl methyl sites for hydroxylation is 1. The fraction of sp³-hybridized carbons (Fsp3) is 0.105. The predicted molar refractivity (Wildman–Crippen MR) is 100 cm³/mol. The summed E-state index contributed by atoms with van der Waals surface area (Å²) in [5.41, 5.74) is 1.26. The van der Waals surface area contributed by atoms with Crippen molar-refractivity contribution in [3.05, 3.63) is 86.8 Å². The minimum atomic E-state index is -0.509. The molecular weight excluding hydrogens is 372 g/mol. The number of nitrogens with zero attached hydrogens (tertiary/aromatic N) is 1. The van der Waals surface area contributed by atoms with E-state index < -0.39 is 10.8 Å². The first kappa shape index (κ1) is 18.5. The standard InChI is InChI=1S/C19H15ClN2O5/c1-12-3-2-4-16(20)18(12)26-11-15-9-10-17(27-15)19(23)21-13-5-7-14(8-6-13)22(24)25/h2-10H,11H2,1H3,(H,21,23). The monoisotopic (exact) mass is 386 g/mol. The zero-order valence-electron chi connectivity index (χ0n) is 14.3. The van der Waals surface area contributed by atoms with Gasteiger partial charge < -0.3 is 14.5 Å². The number of halogens is 1. The first-order chi connectivity index (χ1) is 12.9. The number of hydrogen-bond donors (Lipinski definition) is 1. The van der Waals surface area contributed by atoms with Crippen LogP contribution in [0.5, 0.6) is 5.75 Å². The second-order valence-corrected chi connectivity index (χ2v) is 6.11. The van der Waals surface area contributed by atoms with Crippen molar-refractivity contribution in [2.24, 2.45) is 0 Å². The second-order valence-electron chi connectivity index (χ2n) is 5.70. The molecule has 1 aromatic heterocycles. The number of nitrogens with one attached hydrogen (secondary N) is 1. The van der Waals surface area contributed by atoms with E-state index in [1.54, 1.807) is 12.1 Å². The smallest absolute Gasteiger partial charge is 0.291 e. The normalized spacial score (nSPS) is 10.4. The van der Waals surface area contributed by atoms with Gasteiger partial charge in [-0.25, -0.2) is 0 Å². The molecule has 0 fully saturated rings. The van der Waals surface area contributed by atoms with Gasteiger partial charge in [0.1, 0.15) is 18.1 Å². The molecule has 3 rings (SSSR count). The maximum absolute atomic E-state index is 12.2. The molecule has 3 aromatic rings. The molecule has 0 aliphatic rings. The topological polar surface area (TPSA) is 94.6 Å². The zero-order chi connectivity index (χ0) is 19.4. The molecule has 0 bridgehead atoms. The molecule has 0 radical (unpaired) electrons. The number of anilines is 1. The van der Waals surface area contributed by atoms with Crippen LogP contribution in [0.3, 0.4) is 0 Å². The van der Waals surface area contributed by atoms with Gasteiger partial charge in [-0.3, -0.25) is 14.9 Å². The number of nitro groups is 1. The molecule has 0 saturated heterocycles. The largest absolute Gasteiger partial charge is 0.484 e. The van der Waals surface area contributed by atoms with Crippen LogP contribution in [0.15, 0.2) is 59.0 Å². The van der Waals surface area contributed by atoms with E-state index in [4.69, 9.17) is 20.8 Å². The number of benzene rings is 2. The lowest BCUT2D eigenvalue weighted by Gasteiger charge is -2.09. The first-order valence-electron chi connectivity index (χ1n) is 7.96. The van der Waals surface area contributed by atoms with Crippen LogP contribution in [0.25, 0.3) is 0 Å². The molecule has 2 aromatic carbocycles. The number of rotatable bonds is 6. The summed E-state index contributed by atoms with van der Waals surface area (Å²) >= 11 is 6.11. The van der Waals surface area contributed by atoms with Crippen LogP contribution in [0.2, 0.25) is 5.02 Å². The summed E-state index contributed by atoms with van der Waals surface area (Å²) < 4.78 is 11.2. The molecule has 1 N–H and O–H groups in total. The lowest BCUT2D eigenvalue weighted by Crippen LogP contribution is -2.10. The molecule has 0 unspecified atom stereocenters. The summed E-state index contributed by atoms with van der Waals surface area (Å²) in [6.45, 7) is 2.00. The molecule has 0 aliphatic carbocycles. The van der Waals surface area contributed by atoms with Gasteiger partial charge in [0.15, 0.2) is 5.76 Å². The number of hydrogen-bond acceptors (Lipinski definition) is 5. The van der Waals surface area contributed by atoms with Gasteiger partial charge in [0.25, 0.3) is 11.6 Å². The minimum Gasteiger partial charge on any atom is -0.484 e. The van der Waals surface area contributed by atoms with E-state index in [0.29, 0.717) is 22.2 Å². The Bertz CT molecular complexity index is 962. The van der Waals surface area contributed by atoms with E-state index in [1.807, 2.05) is 19.1 Å². The van der Waals surface area contributed by atoms with Crippen LogP contribution in [0.4, 0.5) is 11.4 Å². The average Bonchev–Trinajstić information content (AvgIpc) is 3.11. The van der Waals surface area contributed by atoms with Crippen LogP contribution in [0.1, 0.15) is 21.9 Å². The van der Waals surface area contributed by atoms with E-state index >= 15 is 0 Å². The third-order valence-electron chi connectivity index (χ3n) is 3.74. The van der Waals surface area contributed by atoms with Crippen molar-refractivity contribution < 1.29 is 18.9 Å². The molecule has 0 aliphatic heterocycles. The summed E-state index contributed by atoms with van der Waals surface area (Å²) in [5.74, 6) is 0.655. The van der Waals surface area contributed by atoms with Crippen LogP contribution in [0, 0.1) is 17.0 Å². The van der Waals surface area contributed by atoms with E-state index in [-0.39, 0.29) is 18.1 Å². The van der Waals surface area contributed by atoms with Gasteiger partial charge in [0, 0.05) is 17.8 Å². The first-order valence-corrected chi connectivity index (χ1v) is 8.34. The summed E-state index contributed by atoms with van der Waals surface area (Å²) in [6, 6.07) is 14.1. The Morgan fingerprint density at radius 1 is 1.19 bits per heavy atom. The van der Waals surface area contributed by atoms with Crippen LogP contribution in [-0.2, 0) is 6.61 Å². The lowest BCUT2D eigenvalue weighted by molar-refractivity contribution is -0.384. The van der Waals surface area contributed by atoms with Crippen molar-refractivity contribution >= 4 is 28.9 Å². The van der Waals surface area contributed by atoms with Gasteiger partial charge in [-0.05, 0) is 42.8 Å². The van der Waals surface area contributed by atoms with E-state index in [9.17, 15) is 14.9 Å². The number of ether oxygens (including phenoxy) is 1. The fourth-order valence-electron chi connectivity index (χ4n) is 2.38. The highest BCUT2D eigenvalue weighted by Crippen LogP contribution is 2.28. The number of carbonyl (C=O) groups is 1. The maximum Gasteiger partial charge on any atom is 0.291 e. The average molecular weight is 387 g/mol. The minimum absolute atomic E-state index is 0.0553. The van der Waals surface area contributed by atoms with Gasteiger partial charge in [-0.1, -0.05) is 23.7 Å². The number of non-ortho nitro benzene ring substituents is 1. The van der Waals surface area contributed by atoms with Gasteiger partial charge >= 0.3 is 0 Å². The van der Waals surface area contributed by atoms with E-state index in [0.717, 1.165) is 5.56 Å². The molecule has 8 heteroatoms. The van der Waals surface area contributed by atoms with Gasteiger partial charge in [-0.15, -0.1) is 0 Å². The lowest BCUT2D eigenvalue weighted by atomic mass is 10.2. The molecule has 0 saturated carbocycles. The van der Waals surface area contributed by atoms with E-state index in [1.165, 1.54) is 30.3 Å². The summed E-state index contributed by atoms with van der Waals surface area (Å²) in [7, 11) is 0. The molecule has 138 valence electrons. The Balaban J connectivity index is 1.63. The zero-order valence-corrected chi connectivity index (χ0v) is 15.0. The molecule has 1 amide bonds. The van der Waals surface area contributed by atoms with Crippen LogP contribution >= 0.6 is 11.6 Å². The van der Waals surface area contributed by atoms with Crippen molar-refractivity contribution in [1.82, 2.24) is 0 Å². The molecular formula is C19H15ClN2O5. The van der Waals surface area contributed by atoms with Gasteiger partial charge in [0.2, 0.25) is 0 Å². The Morgan fingerprint density at radius 2 is 1.93 bits per heavy atom. The number of furan rings is 1.